The Morgan fingerprint density at radius 2 is 1.23 bits per heavy atom. The van der Waals surface area contributed by atoms with E-state index in [1.165, 1.54) is 27.9 Å². The normalized spacial score (nSPS) is 36.2. The van der Waals surface area contributed by atoms with Crippen molar-refractivity contribution in [1.29, 1.82) is 0 Å². The van der Waals surface area contributed by atoms with E-state index in [2.05, 4.69) is 52.8 Å². The van der Waals surface area contributed by atoms with Crippen LogP contribution in [-0.2, 0) is 0 Å². The minimum Gasteiger partial charge on any atom is -0.0588 e. The maximum Gasteiger partial charge on any atom is -0.0392 e. The first-order chi connectivity index (χ1) is 6.02. The highest BCUT2D eigenvalue weighted by Crippen LogP contribution is 2.21. The molecule has 0 aliphatic heterocycles. The first-order valence-electron chi connectivity index (χ1n) is 4.74. The third-order valence-electron chi connectivity index (χ3n) is 2.82. The van der Waals surface area contributed by atoms with E-state index in [0.29, 0.717) is 0 Å². The van der Waals surface area contributed by atoms with Gasteiger partial charge in [0.25, 0.3) is 0 Å². The third kappa shape index (κ3) is 2.21. The molecule has 0 aromatic heterocycles. The van der Waals surface area contributed by atoms with Crippen LogP contribution in [0.15, 0.2) is 46.1 Å². The molecule has 0 spiro atoms. The van der Waals surface area contributed by atoms with Gasteiger partial charge in [0.15, 0.2) is 0 Å². The molecule has 70 valence electrons. The summed E-state index contributed by atoms with van der Waals surface area (Å²) in [6.45, 7) is 10.8. The molecule has 0 bridgehead atoms. The van der Waals surface area contributed by atoms with Gasteiger partial charge in [0.1, 0.15) is 0 Å². The molecule has 1 aliphatic carbocycles. The summed E-state index contributed by atoms with van der Waals surface area (Å²) in [6.07, 6.45) is 6.65. The van der Waals surface area contributed by atoms with Crippen LogP contribution in [0.25, 0.3) is 0 Å². The van der Waals surface area contributed by atoms with Crippen molar-refractivity contribution in [2.24, 2.45) is 0 Å². The van der Waals surface area contributed by atoms with E-state index in [1.54, 1.807) is 0 Å². The van der Waals surface area contributed by atoms with Gasteiger partial charge in [-0.15, -0.1) is 0 Å². The zero-order valence-electron chi connectivity index (χ0n) is 9.23. The van der Waals surface area contributed by atoms with Crippen molar-refractivity contribution in [2.75, 3.05) is 0 Å². The maximum atomic E-state index is 2.26. The zero-order valence-corrected chi connectivity index (χ0v) is 9.23. The first-order valence-corrected chi connectivity index (χ1v) is 4.74. The zero-order chi connectivity index (χ0) is 10.0. The molecule has 0 nitrogen and oxygen atoms in total. The van der Waals surface area contributed by atoms with Crippen LogP contribution < -0.4 is 0 Å². The quantitative estimate of drug-likeness (QED) is 0.517. The van der Waals surface area contributed by atoms with Crippen LogP contribution in [0.1, 0.15) is 34.6 Å². The summed E-state index contributed by atoms with van der Waals surface area (Å²) in [4.78, 5) is 0. The molecular formula is C13H18. The number of hydrogen-bond donors (Lipinski definition) is 0. The van der Waals surface area contributed by atoms with Gasteiger partial charge in [-0.3, -0.25) is 0 Å². The molecule has 0 heteroatoms. The molecule has 0 aromatic carbocycles. The minimum atomic E-state index is 1.35. The van der Waals surface area contributed by atoms with Crippen LogP contribution in [-0.4, -0.2) is 0 Å². The molecule has 0 unspecified atom stereocenters. The second-order valence-corrected chi connectivity index (χ2v) is 3.83. The van der Waals surface area contributed by atoms with E-state index in [4.69, 9.17) is 0 Å². The molecule has 0 aromatic rings. The molecule has 0 saturated carbocycles. The Labute approximate surface area is 81.4 Å². The van der Waals surface area contributed by atoms with E-state index in [1.807, 2.05) is 0 Å². The molecule has 0 radical (unpaired) electrons. The van der Waals surface area contributed by atoms with Crippen molar-refractivity contribution in [3.05, 3.63) is 46.1 Å². The van der Waals surface area contributed by atoms with Crippen molar-refractivity contribution in [2.45, 2.75) is 34.6 Å². The van der Waals surface area contributed by atoms with Gasteiger partial charge in [0.2, 0.25) is 0 Å². The SMILES string of the molecule is CC1=C/C(C)=C(C)\C=C/C(C)=C\1C. The van der Waals surface area contributed by atoms with Gasteiger partial charge >= 0.3 is 0 Å². The molecule has 13 heavy (non-hydrogen) atoms. The van der Waals surface area contributed by atoms with Crippen LogP contribution >= 0.6 is 0 Å². The number of allylic oxidation sites excluding steroid dienone is 8. The van der Waals surface area contributed by atoms with Gasteiger partial charge in [-0.2, -0.15) is 0 Å². The van der Waals surface area contributed by atoms with Crippen molar-refractivity contribution in [1.82, 2.24) is 0 Å². The van der Waals surface area contributed by atoms with Gasteiger partial charge in [0, 0.05) is 0 Å². The second kappa shape index (κ2) is 3.78. The van der Waals surface area contributed by atoms with Crippen LogP contribution in [0.2, 0.25) is 0 Å². The lowest BCUT2D eigenvalue weighted by Crippen LogP contribution is -1.89. The second-order valence-electron chi connectivity index (χ2n) is 3.83. The smallest absolute Gasteiger partial charge is 0.0392 e. The van der Waals surface area contributed by atoms with E-state index >= 15 is 0 Å². The van der Waals surface area contributed by atoms with Crippen molar-refractivity contribution < 1.29 is 0 Å². The summed E-state index contributed by atoms with van der Waals surface area (Å²) in [5.41, 5.74) is 6.84. The van der Waals surface area contributed by atoms with Gasteiger partial charge in [-0.05, 0) is 62.5 Å². The first kappa shape index (κ1) is 10.0. The summed E-state index contributed by atoms with van der Waals surface area (Å²) >= 11 is 0. The minimum absolute atomic E-state index is 1.35. The molecular weight excluding hydrogens is 156 g/mol. The van der Waals surface area contributed by atoms with E-state index in [-0.39, 0.29) is 0 Å². The average molecular weight is 174 g/mol. The summed E-state index contributed by atoms with van der Waals surface area (Å²) in [6, 6.07) is 0. The predicted molar refractivity (Wildman–Crippen MR) is 59.6 cm³/mol. The fourth-order valence-corrected chi connectivity index (χ4v) is 1.36. The molecule has 0 fully saturated rings. The fourth-order valence-electron chi connectivity index (χ4n) is 1.36. The molecule has 0 heterocycles. The van der Waals surface area contributed by atoms with Crippen LogP contribution in [0.3, 0.4) is 0 Å². The highest BCUT2D eigenvalue weighted by molar-refractivity contribution is 5.46. The lowest BCUT2D eigenvalue weighted by molar-refractivity contribution is 1.23. The van der Waals surface area contributed by atoms with Gasteiger partial charge in [-0.25, -0.2) is 0 Å². The molecule has 0 N–H and O–H groups in total. The molecule has 1 rings (SSSR count). The molecule has 0 atom stereocenters. The maximum absolute atomic E-state index is 2.26. The fraction of sp³-hybridized carbons (Fsp3) is 0.385. The highest BCUT2D eigenvalue weighted by atomic mass is 14.1. The Kier molecular flexibility index (Phi) is 2.92. The average Bonchev–Trinajstić information content (AvgIpc) is 2.10. The lowest BCUT2D eigenvalue weighted by Gasteiger charge is -2.09. The predicted octanol–water partition coefficient (Wildman–Crippen LogP) is 4.18. The summed E-state index contributed by atoms with van der Waals surface area (Å²) in [5.74, 6) is 0. The third-order valence-corrected chi connectivity index (χ3v) is 2.82. The Bertz CT molecular complexity index is 333. The summed E-state index contributed by atoms with van der Waals surface area (Å²) < 4.78 is 0. The Hall–Kier alpha value is -1.04. The summed E-state index contributed by atoms with van der Waals surface area (Å²) in [7, 11) is 0. The van der Waals surface area contributed by atoms with Crippen molar-refractivity contribution in [3.63, 3.8) is 0 Å². The summed E-state index contributed by atoms with van der Waals surface area (Å²) in [5, 5.41) is 0. The van der Waals surface area contributed by atoms with Crippen LogP contribution in [0.4, 0.5) is 0 Å². The number of rotatable bonds is 0. The van der Waals surface area contributed by atoms with Gasteiger partial charge in [-0.1, -0.05) is 18.2 Å². The van der Waals surface area contributed by atoms with Crippen LogP contribution in [0, 0.1) is 0 Å². The Morgan fingerprint density at radius 3 is 1.85 bits per heavy atom. The number of hydrogen-bond acceptors (Lipinski definition) is 0. The Balaban J connectivity index is 3.24. The monoisotopic (exact) mass is 174 g/mol. The van der Waals surface area contributed by atoms with Gasteiger partial charge in [0.05, 0.1) is 0 Å². The van der Waals surface area contributed by atoms with Crippen molar-refractivity contribution >= 4 is 0 Å². The lowest BCUT2D eigenvalue weighted by atomic mass is 9.96. The Morgan fingerprint density at radius 1 is 0.692 bits per heavy atom. The van der Waals surface area contributed by atoms with Gasteiger partial charge < -0.3 is 0 Å². The highest BCUT2D eigenvalue weighted by Gasteiger charge is 2.01. The van der Waals surface area contributed by atoms with E-state index in [9.17, 15) is 0 Å². The molecule has 0 amide bonds. The molecule has 1 aliphatic rings. The topological polar surface area (TPSA) is 0 Å². The van der Waals surface area contributed by atoms with Crippen molar-refractivity contribution in [3.8, 4) is 0 Å². The largest absolute Gasteiger partial charge is 0.0588 e. The molecule has 0 saturated heterocycles. The van der Waals surface area contributed by atoms with E-state index in [0.717, 1.165) is 0 Å². The standard InChI is InChI=1S/C13H18/c1-9-6-7-10(2)13(5)12(4)8-11(9)3/h6-8H,1-5H3/b7-6-,9-6?,10-7?,11-8?,11-9-,12-8-,13-10-,13-12?. The van der Waals surface area contributed by atoms with Crippen LogP contribution in [0.5, 0.6) is 0 Å². The van der Waals surface area contributed by atoms with E-state index < -0.39 is 0 Å².